The van der Waals surface area contributed by atoms with Gasteiger partial charge in [-0.05, 0) is 51.7 Å². The maximum Gasteiger partial charge on any atom is 0.136 e. The van der Waals surface area contributed by atoms with E-state index in [2.05, 4.69) is 10.8 Å². The lowest BCUT2D eigenvalue weighted by molar-refractivity contribution is 0.484. The van der Waals surface area contributed by atoms with Crippen molar-refractivity contribution >= 4 is 11.4 Å². The van der Waals surface area contributed by atoms with E-state index in [0.717, 1.165) is 24.8 Å². The zero-order valence-electron chi connectivity index (χ0n) is 12.0. The molecule has 1 N–H and O–H groups in total. The number of hydrogen-bond acceptors (Lipinski definition) is 3. The van der Waals surface area contributed by atoms with Gasteiger partial charge in [0, 0.05) is 24.1 Å². The Balaban J connectivity index is 2.26. The molecule has 0 saturated carbocycles. The molecular weight excluding hydrogens is 258 g/mol. The third kappa shape index (κ3) is 2.81. The normalized spacial score (nSPS) is 20.7. The molecule has 0 radical (unpaired) electrons. The van der Waals surface area contributed by atoms with E-state index in [1.807, 2.05) is 38.5 Å². The SMILES string of the molecule is Cn1c(C#N)cc2c1CCC[C@@H]2N[S@+]([O-])C(C)(C)C. The summed E-state index contributed by atoms with van der Waals surface area (Å²) < 4.78 is 17.1. The highest BCUT2D eigenvalue weighted by atomic mass is 32.2. The second-order valence-corrected chi connectivity index (χ2v) is 8.04. The highest BCUT2D eigenvalue weighted by Crippen LogP contribution is 2.33. The van der Waals surface area contributed by atoms with Crippen LogP contribution in [0.5, 0.6) is 0 Å². The van der Waals surface area contributed by atoms with E-state index < -0.39 is 11.4 Å². The third-order valence-electron chi connectivity index (χ3n) is 3.59. The highest BCUT2D eigenvalue weighted by molar-refractivity contribution is 7.90. The van der Waals surface area contributed by atoms with Crippen molar-refractivity contribution in [3.05, 3.63) is 23.0 Å². The van der Waals surface area contributed by atoms with Gasteiger partial charge in [-0.1, -0.05) is 0 Å². The molecule has 1 aliphatic carbocycles. The molecule has 2 atom stereocenters. The van der Waals surface area contributed by atoms with Crippen molar-refractivity contribution in [2.24, 2.45) is 7.05 Å². The van der Waals surface area contributed by atoms with Crippen LogP contribution in [0.25, 0.3) is 0 Å². The van der Waals surface area contributed by atoms with Gasteiger partial charge in [0.15, 0.2) is 0 Å². The van der Waals surface area contributed by atoms with Gasteiger partial charge in [0.05, 0.1) is 6.04 Å². The number of nitrogens with zero attached hydrogens (tertiary/aromatic N) is 2. The second kappa shape index (κ2) is 5.20. The zero-order chi connectivity index (χ0) is 14.2. The highest BCUT2D eigenvalue weighted by Gasteiger charge is 2.33. The number of rotatable bonds is 2. The zero-order valence-corrected chi connectivity index (χ0v) is 12.8. The third-order valence-corrected chi connectivity index (χ3v) is 5.20. The minimum absolute atomic E-state index is 0.0945. The first-order valence-corrected chi connectivity index (χ1v) is 7.76. The maximum absolute atomic E-state index is 12.2. The van der Waals surface area contributed by atoms with Crippen molar-refractivity contribution in [3.63, 3.8) is 0 Å². The van der Waals surface area contributed by atoms with Gasteiger partial charge in [-0.15, -0.1) is 4.72 Å². The van der Waals surface area contributed by atoms with E-state index in [1.165, 1.54) is 5.69 Å². The molecule has 19 heavy (non-hydrogen) atoms. The smallest absolute Gasteiger partial charge is 0.136 e. The van der Waals surface area contributed by atoms with Gasteiger partial charge in [0.2, 0.25) is 0 Å². The fraction of sp³-hybridized carbons (Fsp3) is 0.643. The van der Waals surface area contributed by atoms with Crippen LogP contribution in [0.2, 0.25) is 0 Å². The van der Waals surface area contributed by atoms with Gasteiger partial charge in [-0.25, -0.2) is 0 Å². The molecule has 1 heterocycles. The summed E-state index contributed by atoms with van der Waals surface area (Å²) in [5, 5.41) is 9.11. The molecule has 0 fully saturated rings. The number of hydrogen-bond donors (Lipinski definition) is 1. The Morgan fingerprint density at radius 3 is 2.79 bits per heavy atom. The van der Waals surface area contributed by atoms with Crippen LogP contribution in [0.4, 0.5) is 0 Å². The van der Waals surface area contributed by atoms with Gasteiger partial charge in [0.25, 0.3) is 0 Å². The van der Waals surface area contributed by atoms with E-state index >= 15 is 0 Å². The van der Waals surface area contributed by atoms with Crippen LogP contribution < -0.4 is 4.72 Å². The average Bonchev–Trinajstić information content (AvgIpc) is 2.66. The summed E-state index contributed by atoms with van der Waals surface area (Å²) in [6, 6.07) is 4.25. The Morgan fingerprint density at radius 2 is 2.21 bits per heavy atom. The Hall–Kier alpha value is -0.960. The Kier molecular flexibility index (Phi) is 3.95. The quantitative estimate of drug-likeness (QED) is 0.845. The molecule has 0 aliphatic heterocycles. The number of nitrogens with one attached hydrogen (secondary N) is 1. The standard InChI is InChI=1S/C14H21N3OS/c1-14(2,3)19(18)16-12-6-5-7-13-11(12)8-10(9-15)17(13)4/h8,12,16H,5-7H2,1-4H3/t12-,19+/m0/s1. The average molecular weight is 279 g/mol. The predicted octanol–water partition coefficient (Wildman–Crippen LogP) is 2.33. The summed E-state index contributed by atoms with van der Waals surface area (Å²) >= 11 is -1.08. The predicted molar refractivity (Wildman–Crippen MR) is 76.8 cm³/mol. The van der Waals surface area contributed by atoms with Gasteiger partial charge in [0.1, 0.15) is 16.5 Å². The molecule has 0 unspecified atom stereocenters. The first kappa shape index (κ1) is 14.4. The topological polar surface area (TPSA) is 63.8 Å². The minimum atomic E-state index is -1.08. The molecule has 0 bridgehead atoms. The maximum atomic E-state index is 12.2. The van der Waals surface area contributed by atoms with Crippen LogP contribution in [-0.4, -0.2) is 13.9 Å². The number of aromatic nitrogens is 1. The van der Waals surface area contributed by atoms with Crippen LogP contribution >= 0.6 is 0 Å². The molecule has 2 rings (SSSR count). The fourth-order valence-corrected chi connectivity index (χ4v) is 3.30. The van der Waals surface area contributed by atoms with Gasteiger partial charge < -0.3 is 9.12 Å². The molecule has 0 aromatic carbocycles. The molecule has 1 aromatic rings. The molecule has 0 spiro atoms. The van der Waals surface area contributed by atoms with Crippen LogP contribution in [0, 0.1) is 11.3 Å². The first-order chi connectivity index (χ1) is 8.84. The van der Waals surface area contributed by atoms with E-state index in [1.54, 1.807) is 0 Å². The summed E-state index contributed by atoms with van der Waals surface area (Å²) in [6.45, 7) is 5.89. The van der Waals surface area contributed by atoms with Crippen molar-refractivity contribution in [2.75, 3.05) is 0 Å². The van der Waals surface area contributed by atoms with Crippen molar-refractivity contribution in [1.29, 1.82) is 5.26 Å². The lowest BCUT2D eigenvalue weighted by Crippen LogP contribution is -2.42. The van der Waals surface area contributed by atoms with E-state index in [9.17, 15) is 4.55 Å². The molecule has 0 amide bonds. The van der Waals surface area contributed by atoms with Crippen molar-refractivity contribution in [3.8, 4) is 6.07 Å². The van der Waals surface area contributed by atoms with Crippen molar-refractivity contribution < 1.29 is 4.55 Å². The minimum Gasteiger partial charge on any atom is -0.598 e. The summed E-state index contributed by atoms with van der Waals surface area (Å²) in [5.74, 6) is 0. The Labute approximate surface area is 118 Å². The largest absolute Gasteiger partial charge is 0.598 e. The monoisotopic (exact) mass is 279 g/mol. The molecule has 104 valence electrons. The van der Waals surface area contributed by atoms with E-state index in [0.29, 0.717) is 5.69 Å². The fourth-order valence-electron chi connectivity index (χ4n) is 2.45. The van der Waals surface area contributed by atoms with Crippen LogP contribution in [0.3, 0.4) is 0 Å². The van der Waals surface area contributed by atoms with E-state index in [-0.39, 0.29) is 10.8 Å². The summed E-state index contributed by atoms with van der Waals surface area (Å²) in [5.41, 5.74) is 3.02. The molecule has 4 nitrogen and oxygen atoms in total. The van der Waals surface area contributed by atoms with Gasteiger partial charge in [-0.2, -0.15) is 5.26 Å². The van der Waals surface area contributed by atoms with Crippen LogP contribution in [0.1, 0.15) is 56.6 Å². The molecule has 1 aliphatic rings. The van der Waals surface area contributed by atoms with Gasteiger partial charge in [-0.3, -0.25) is 0 Å². The molecule has 0 saturated heterocycles. The van der Waals surface area contributed by atoms with Crippen LogP contribution in [0.15, 0.2) is 6.07 Å². The molecule has 1 aromatic heterocycles. The summed E-state index contributed by atoms with van der Waals surface area (Å²) in [6.07, 6.45) is 3.03. The molecular formula is C14H21N3OS. The molecule has 5 heteroatoms. The van der Waals surface area contributed by atoms with Gasteiger partial charge >= 0.3 is 0 Å². The van der Waals surface area contributed by atoms with Crippen molar-refractivity contribution in [2.45, 2.75) is 50.8 Å². The van der Waals surface area contributed by atoms with Crippen molar-refractivity contribution in [1.82, 2.24) is 9.29 Å². The lowest BCUT2D eigenvalue weighted by atomic mass is 9.93. The second-order valence-electron chi connectivity index (χ2n) is 6.05. The van der Waals surface area contributed by atoms with E-state index in [4.69, 9.17) is 5.26 Å². The number of fused-ring (bicyclic) bond motifs is 1. The number of nitriles is 1. The summed E-state index contributed by atoms with van der Waals surface area (Å²) in [4.78, 5) is 0. The Morgan fingerprint density at radius 1 is 1.53 bits per heavy atom. The Bertz CT molecular complexity index is 510. The first-order valence-electron chi connectivity index (χ1n) is 6.61. The summed E-state index contributed by atoms with van der Waals surface area (Å²) in [7, 11) is 1.93. The lowest BCUT2D eigenvalue weighted by Gasteiger charge is -2.30. The van der Waals surface area contributed by atoms with Crippen LogP contribution in [-0.2, 0) is 24.8 Å².